The van der Waals surface area contributed by atoms with Gasteiger partial charge in [0.15, 0.2) is 0 Å². The fourth-order valence-corrected chi connectivity index (χ4v) is 2.29. The van der Waals surface area contributed by atoms with Gasteiger partial charge in [-0.05, 0) is 49.7 Å². The van der Waals surface area contributed by atoms with Crippen LogP contribution in [0.15, 0.2) is 48.5 Å². The van der Waals surface area contributed by atoms with Crippen LogP contribution in [-0.4, -0.2) is 18.4 Å². The van der Waals surface area contributed by atoms with Crippen LogP contribution in [0.25, 0.3) is 0 Å². The predicted molar refractivity (Wildman–Crippen MR) is 97.4 cm³/mol. The summed E-state index contributed by atoms with van der Waals surface area (Å²) >= 11 is 0. The van der Waals surface area contributed by atoms with E-state index in [0.717, 1.165) is 30.5 Å². The van der Waals surface area contributed by atoms with Gasteiger partial charge in [-0.2, -0.15) is 0 Å². The molecular weight excluding hydrogens is 300 g/mol. The Hall–Kier alpha value is -2.62. The average molecular weight is 324 g/mol. The zero-order valence-electron chi connectivity index (χ0n) is 14.3. The fourth-order valence-electron chi connectivity index (χ4n) is 2.29. The van der Waals surface area contributed by atoms with E-state index in [9.17, 15) is 9.59 Å². The van der Waals surface area contributed by atoms with Crippen molar-refractivity contribution in [3.63, 3.8) is 0 Å². The number of carbonyl (C=O) groups is 2. The van der Waals surface area contributed by atoms with Crippen molar-refractivity contribution in [2.45, 2.75) is 33.1 Å². The van der Waals surface area contributed by atoms with Crippen LogP contribution >= 0.6 is 0 Å². The molecule has 4 nitrogen and oxygen atoms in total. The lowest BCUT2D eigenvalue weighted by atomic mass is 10.1. The van der Waals surface area contributed by atoms with Gasteiger partial charge in [-0.1, -0.05) is 37.5 Å². The Morgan fingerprint density at radius 1 is 0.833 bits per heavy atom. The molecule has 0 saturated heterocycles. The third-order valence-corrected chi connectivity index (χ3v) is 3.78. The van der Waals surface area contributed by atoms with E-state index in [2.05, 4.69) is 17.6 Å². The van der Waals surface area contributed by atoms with Crippen LogP contribution in [0.2, 0.25) is 0 Å². The quantitative estimate of drug-likeness (QED) is 0.751. The lowest BCUT2D eigenvalue weighted by Crippen LogP contribution is -2.24. The van der Waals surface area contributed by atoms with Gasteiger partial charge in [0.25, 0.3) is 11.8 Å². The molecule has 0 radical (unpaired) electrons. The van der Waals surface area contributed by atoms with E-state index in [-0.39, 0.29) is 11.8 Å². The molecule has 2 aromatic carbocycles. The molecule has 0 heterocycles. The third kappa shape index (κ3) is 5.23. The molecule has 0 aliphatic heterocycles. The summed E-state index contributed by atoms with van der Waals surface area (Å²) in [4.78, 5) is 24.2. The van der Waals surface area contributed by atoms with Crippen LogP contribution in [-0.2, 0) is 0 Å². The van der Waals surface area contributed by atoms with E-state index in [1.807, 2.05) is 31.2 Å². The second kappa shape index (κ2) is 8.87. The van der Waals surface area contributed by atoms with Gasteiger partial charge in [-0.3, -0.25) is 9.59 Å². The van der Waals surface area contributed by atoms with Crippen LogP contribution in [0.1, 0.15) is 52.5 Å². The highest BCUT2D eigenvalue weighted by atomic mass is 16.2. The first-order valence-electron chi connectivity index (χ1n) is 8.36. The largest absolute Gasteiger partial charge is 0.352 e. The van der Waals surface area contributed by atoms with Crippen molar-refractivity contribution in [3.05, 3.63) is 65.2 Å². The number of hydrogen-bond acceptors (Lipinski definition) is 2. The van der Waals surface area contributed by atoms with E-state index in [4.69, 9.17) is 0 Å². The Bertz CT molecular complexity index is 676. The highest BCUT2D eigenvalue weighted by Gasteiger charge is 2.09. The van der Waals surface area contributed by atoms with Gasteiger partial charge in [0.2, 0.25) is 0 Å². The predicted octanol–water partition coefficient (Wildman–Crippen LogP) is 4.17. The van der Waals surface area contributed by atoms with E-state index < -0.39 is 0 Å². The molecule has 0 bridgehead atoms. The minimum absolute atomic E-state index is 0.100. The number of benzene rings is 2. The molecule has 0 aliphatic rings. The lowest BCUT2D eigenvalue weighted by Gasteiger charge is -2.07. The van der Waals surface area contributed by atoms with Crippen molar-refractivity contribution < 1.29 is 9.59 Å². The van der Waals surface area contributed by atoms with Gasteiger partial charge in [-0.15, -0.1) is 0 Å². The zero-order valence-corrected chi connectivity index (χ0v) is 14.3. The van der Waals surface area contributed by atoms with Gasteiger partial charge in [0.1, 0.15) is 0 Å². The second-order valence-corrected chi connectivity index (χ2v) is 5.86. The molecule has 2 N–H and O–H groups in total. The first-order chi connectivity index (χ1) is 11.6. The molecule has 4 heteroatoms. The minimum Gasteiger partial charge on any atom is -0.352 e. The Labute approximate surface area is 143 Å². The molecule has 0 atom stereocenters. The zero-order chi connectivity index (χ0) is 17.4. The molecule has 0 aliphatic carbocycles. The molecule has 2 rings (SSSR count). The van der Waals surface area contributed by atoms with Crippen molar-refractivity contribution >= 4 is 17.5 Å². The Balaban J connectivity index is 1.92. The number of unbranched alkanes of at least 4 members (excludes halogenated alkanes) is 2. The summed E-state index contributed by atoms with van der Waals surface area (Å²) in [5, 5.41) is 5.73. The maximum atomic E-state index is 12.2. The van der Waals surface area contributed by atoms with Crippen molar-refractivity contribution in [2.75, 3.05) is 11.9 Å². The monoisotopic (exact) mass is 324 g/mol. The first kappa shape index (κ1) is 17.7. The molecule has 126 valence electrons. The van der Waals surface area contributed by atoms with Crippen molar-refractivity contribution in [1.29, 1.82) is 0 Å². The number of amides is 2. The van der Waals surface area contributed by atoms with Gasteiger partial charge < -0.3 is 10.6 Å². The average Bonchev–Trinajstić information content (AvgIpc) is 2.60. The normalized spacial score (nSPS) is 10.2. The Kier molecular flexibility index (Phi) is 6.55. The van der Waals surface area contributed by atoms with Crippen LogP contribution in [0.3, 0.4) is 0 Å². The molecular formula is C20H24N2O2. The highest BCUT2D eigenvalue weighted by molar-refractivity contribution is 6.05. The minimum atomic E-state index is -0.186. The van der Waals surface area contributed by atoms with E-state index in [1.54, 1.807) is 24.3 Å². The summed E-state index contributed by atoms with van der Waals surface area (Å²) in [6.07, 6.45) is 3.22. The number of rotatable bonds is 7. The van der Waals surface area contributed by atoms with Gasteiger partial charge in [-0.25, -0.2) is 0 Å². The number of hydrogen-bond donors (Lipinski definition) is 2. The maximum absolute atomic E-state index is 12.2. The smallest absolute Gasteiger partial charge is 0.255 e. The van der Waals surface area contributed by atoms with Crippen molar-refractivity contribution in [1.82, 2.24) is 5.32 Å². The molecule has 0 unspecified atom stereocenters. The van der Waals surface area contributed by atoms with E-state index in [1.165, 1.54) is 0 Å². The van der Waals surface area contributed by atoms with Gasteiger partial charge >= 0.3 is 0 Å². The molecule has 0 saturated carbocycles. The van der Waals surface area contributed by atoms with Crippen LogP contribution in [0.5, 0.6) is 0 Å². The SMILES string of the molecule is CCCCCNC(=O)c1ccc(C(=O)Nc2ccc(C)cc2)cc1. The van der Waals surface area contributed by atoms with Gasteiger partial charge in [0, 0.05) is 23.4 Å². The topological polar surface area (TPSA) is 58.2 Å². The second-order valence-electron chi connectivity index (χ2n) is 5.86. The number of nitrogens with one attached hydrogen (secondary N) is 2. The van der Waals surface area contributed by atoms with Gasteiger partial charge in [0.05, 0.1) is 0 Å². The molecule has 2 amide bonds. The number of anilines is 1. The molecule has 0 fully saturated rings. The Morgan fingerprint density at radius 2 is 1.42 bits per heavy atom. The summed E-state index contributed by atoms with van der Waals surface area (Å²) in [5.41, 5.74) is 2.99. The summed E-state index contributed by atoms with van der Waals surface area (Å²) in [6.45, 7) is 4.81. The molecule has 24 heavy (non-hydrogen) atoms. The molecule has 2 aromatic rings. The van der Waals surface area contributed by atoms with Crippen LogP contribution < -0.4 is 10.6 Å². The maximum Gasteiger partial charge on any atom is 0.255 e. The fraction of sp³-hybridized carbons (Fsp3) is 0.300. The standard InChI is InChI=1S/C20H24N2O2/c1-3-4-5-14-21-19(23)16-8-10-17(11-9-16)20(24)22-18-12-6-15(2)7-13-18/h6-13H,3-5,14H2,1-2H3,(H,21,23)(H,22,24). The van der Waals surface area contributed by atoms with E-state index >= 15 is 0 Å². The summed E-state index contributed by atoms with van der Waals surface area (Å²) in [5.74, 6) is -0.287. The summed E-state index contributed by atoms with van der Waals surface area (Å²) in [6, 6.07) is 14.3. The first-order valence-corrected chi connectivity index (χ1v) is 8.36. The van der Waals surface area contributed by atoms with Crippen LogP contribution in [0.4, 0.5) is 5.69 Å². The highest BCUT2D eigenvalue weighted by Crippen LogP contribution is 2.11. The number of carbonyl (C=O) groups excluding carboxylic acids is 2. The van der Waals surface area contributed by atoms with Crippen molar-refractivity contribution in [3.8, 4) is 0 Å². The molecule has 0 spiro atoms. The lowest BCUT2D eigenvalue weighted by molar-refractivity contribution is 0.0951. The van der Waals surface area contributed by atoms with E-state index in [0.29, 0.717) is 17.7 Å². The summed E-state index contributed by atoms with van der Waals surface area (Å²) in [7, 11) is 0. The summed E-state index contributed by atoms with van der Waals surface area (Å²) < 4.78 is 0. The van der Waals surface area contributed by atoms with Crippen molar-refractivity contribution in [2.24, 2.45) is 0 Å². The number of aryl methyl sites for hydroxylation is 1. The molecule has 0 aromatic heterocycles. The third-order valence-electron chi connectivity index (χ3n) is 3.78. The Morgan fingerprint density at radius 3 is 2.00 bits per heavy atom. The van der Waals surface area contributed by atoms with Crippen LogP contribution in [0, 0.1) is 6.92 Å².